The molecular formula is C69H127N5O22S. The van der Waals surface area contributed by atoms with Crippen molar-refractivity contribution in [2.75, 3.05) is 38.1 Å². The zero-order chi connectivity index (χ0) is 73.7. The fraction of sp³-hybridized carbons (Fsp3) is 0.812. The molecule has 16 unspecified atom stereocenters. The number of carbonyl (C=O) groups is 2. The molecule has 0 saturated carbocycles. The van der Waals surface area contributed by atoms with Gasteiger partial charge in [0, 0.05) is 30.5 Å². The van der Waals surface area contributed by atoms with Crippen molar-refractivity contribution in [2.45, 2.75) is 302 Å². The normalized spacial score (nSPS) is 32.4. The van der Waals surface area contributed by atoms with E-state index in [9.17, 15) is 76.0 Å². The van der Waals surface area contributed by atoms with Gasteiger partial charge in [0.15, 0.2) is 12.2 Å². The molecule has 1 amide bonds. The van der Waals surface area contributed by atoms with Crippen molar-refractivity contribution in [3.8, 4) is 0 Å². The van der Waals surface area contributed by atoms with Gasteiger partial charge in [-0.2, -0.15) is 8.42 Å². The second kappa shape index (κ2) is 48.9. The minimum atomic E-state index is -4.67. The van der Waals surface area contributed by atoms with E-state index < -0.39 is 133 Å². The molecule has 0 radical (unpaired) electrons. The lowest BCUT2D eigenvalue weighted by atomic mass is 9.84. The lowest BCUT2D eigenvalue weighted by Gasteiger charge is -2.34. The number of para-hydroxylation sites is 1. The third-order valence-corrected chi connectivity index (χ3v) is 18.2. The zero-order valence-corrected chi connectivity index (χ0v) is 60.2. The number of aliphatic imine (C=N–C) groups is 1. The van der Waals surface area contributed by atoms with Crippen LogP contribution in [-0.2, 0) is 34.2 Å². The van der Waals surface area contributed by atoms with Gasteiger partial charge >= 0.3 is 16.4 Å². The molecule has 1 fully saturated rings. The molecule has 2 aliphatic heterocycles. The summed E-state index contributed by atoms with van der Waals surface area (Å²) < 4.78 is 49.3. The number of benzene rings is 1. The zero-order valence-electron chi connectivity index (χ0n) is 59.3. The van der Waals surface area contributed by atoms with Gasteiger partial charge in [-0.1, -0.05) is 96.7 Å². The van der Waals surface area contributed by atoms with Crippen molar-refractivity contribution >= 4 is 33.9 Å². The van der Waals surface area contributed by atoms with Crippen LogP contribution in [0.15, 0.2) is 46.5 Å². The number of likely N-dealkylation sites (N-methyl/N-ethyl adjacent to an activating group) is 1. The molecule has 97 heavy (non-hydrogen) atoms. The van der Waals surface area contributed by atoms with Crippen LogP contribution in [-0.4, -0.2) is 237 Å². The standard InChI is InChI=1S/C55H103N3O17.C14H22N2O.H2O4S/c1-7-8-19-43-49(69)33(3)22-23-38(61)17-11-16-37(60)18-12-20-44(66)34(4)26-47(73-54-51(71)50(70)48(31-59)74-54)46(68)30-42(65)29-41(64)28-40(63)27-39(62)15-10-9-14-32(2)25-35(5)52(75-53(43)72)36(6)45(67)21-13-24-58-55(56)57;1-5-16(6-2)10-13(17)15-14-11(3)8-7-9-12(14)4;1-5(2,3)4/h25-26,33,35-52,54,59-71H,7-24,27-31H2,1-6H3,(H4,56,57,58);7-9H,5-6,10H2,1-4H3,(H,15,17);(H2,1,2,3,4)/b32-25+,34-26+;;/t33?,35?,36?,37?,38?,39?,40?,41?,42?,43?,44?,45?,46?,47?,48-,49?,50-,51+,52?,54+;;/m1../s1. The monoisotopic (exact) mass is 1410 g/mol. The summed E-state index contributed by atoms with van der Waals surface area (Å²) in [5.74, 6) is -2.58. The van der Waals surface area contributed by atoms with Crippen molar-refractivity contribution in [3.05, 3.63) is 52.6 Å². The summed E-state index contributed by atoms with van der Waals surface area (Å²) in [6.45, 7) is 21.3. The Hall–Kier alpha value is -3.86. The number of hydrogen-bond donors (Lipinski definition) is 18. The number of rotatable bonds is 17. The predicted octanol–water partition coefficient (Wildman–Crippen LogP) is 4.18. The van der Waals surface area contributed by atoms with Gasteiger partial charge in [0.05, 0.1) is 80.1 Å². The molecule has 27 nitrogen and oxygen atoms in total. The number of esters is 1. The number of aliphatic hydroxyl groups is 13. The van der Waals surface area contributed by atoms with Gasteiger partial charge in [-0.3, -0.25) is 28.6 Å². The minimum absolute atomic E-state index is 0.0266. The first kappa shape index (κ1) is 91.2. The van der Waals surface area contributed by atoms with Crippen molar-refractivity contribution in [3.63, 3.8) is 0 Å². The lowest BCUT2D eigenvalue weighted by Crippen LogP contribution is -2.42. The molecule has 20 atom stereocenters. The third-order valence-electron chi connectivity index (χ3n) is 18.2. The van der Waals surface area contributed by atoms with Gasteiger partial charge in [-0.15, -0.1) is 0 Å². The van der Waals surface area contributed by atoms with Crippen molar-refractivity contribution in [1.29, 1.82) is 0 Å². The van der Waals surface area contributed by atoms with Gasteiger partial charge in [0.1, 0.15) is 30.5 Å². The lowest BCUT2D eigenvalue weighted by molar-refractivity contribution is -0.202. The Bertz CT molecular complexity index is 2500. The number of ether oxygens (including phenoxy) is 3. The number of carbonyl (C=O) groups excluding carboxylic acids is 2. The van der Waals surface area contributed by atoms with Crippen LogP contribution >= 0.6 is 0 Å². The van der Waals surface area contributed by atoms with Gasteiger partial charge in [-0.05, 0) is 173 Å². The van der Waals surface area contributed by atoms with E-state index in [0.29, 0.717) is 115 Å². The number of nitrogens with one attached hydrogen (secondary N) is 1. The van der Waals surface area contributed by atoms with Crippen LogP contribution in [0.2, 0.25) is 0 Å². The van der Waals surface area contributed by atoms with Crippen LogP contribution in [0.5, 0.6) is 0 Å². The van der Waals surface area contributed by atoms with Crippen LogP contribution in [0.3, 0.4) is 0 Å². The molecule has 0 spiro atoms. The molecule has 1 saturated heterocycles. The molecule has 3 rings (SSSR count). The summed E-state index contributed by atoms with van der Waals surface area (Å²) in [5.41, 5.74) is 15.5. The molecule has 2 aliphatic rings. The molecular weight excluding hydrogens is 1280 g/mol. The summed E-state index contributed by atoms with van der Waals surface area (Å²) in [6.07, 6.45) is -7.42. The maximum absolute atomic E-state index is 14.2. The number of aliphatic hydroxyl groups excluding tert-OH is 13. The summed E-state index contributed by atoms with van der Waals surface area (Å²) >= 11 is 0. The van der Waals surface area contributed by atoms with E-state index in [0.717, 1.165) is 41.9 Å². The second-order valence-electron chi connectivity index (χ2n) is 26.9. The van der Waals surface area contributed by atoms with E-state index in [1.54, 1.807) is 6.92 Å². The molecule has 566 valence electrons. The molecule has 0 aliphatic carbocycles. The number of amides is 1. The van der Waals surface area contributed by atoms with Crippen LogP contribution < -0.4 is 16.8 Å². The van der Waals surface area contributed by atoms with Crippen LogP contribution in [0.25, 0.3) is 0 Å². The summed E-state index contributed by atoms with van der Waals surface area (Å²) in [7, 11) is -4.67. The molecule has 0 bridgehead atoms. The Morgan fingerprint density at radius 3 is 1.82 bits per heavy atom. The number of hydrogen-bond acceptors (Lipinski definition) is 22. The number of aryl methyl sites for hydroxylation is 2. The van der Waals surface area contributed by atoms with Crippen molar-refractivity contribution in [1.82, 2.24) is 4.90 Å². The van der Waals surface area contributed by atoms with Crippen LogP contribution in [0.1, 0.15) is 201 Å². The van der Waals surface area contributed by atoms with E-state index in [1.165, 1.54) is 6.08 Å². The fourth-order valence-electron chi connectivity index (χ4n) is 12.2. The van der Waals surface area contributed by atoms with Crippen LogP contribution in [0.4, 0.5) is 5.69 Å². The van der Waals surface area contributed by atoms with Crippen molar-refractivity contribution < 1.29 is 108 Å². The first-order chi connectivity index (χ1) is 45.5. The fourth-order valence-corrected chi connectivity index (χ4v) is 12.2. The van der Waals surface area contributed by atoms with E-state index >= 15 is 0 Å². The number of cyclic esters (lactones) is 1. The quantitative estimate of drug-likeness (QED) is 0.0260. The van der Waals surface area contributed by atoms with Crippen molar-refractivity contribution in [2.24, 2.45) is 40.1 Å². The van der Waals surface area contributed by atoms with Crippen LogP contribution in [0, 0.1) is 37.5 Å². The average molecular weight is 1410 g/mol. The Balaban J connectivity index is 0.00000180. The third kappa shape index (κ3) is 38.7. The molecule has 1 aromatic rings. The largest absolute Gasteiger partial charge is 0.461 e. The van der Waals surface area contributed by atoms with Gasteiger partial charge in [-0.25, -0.2) is 0 Å². The van der Waals surface area contributed by atoms with E-state index in [4.69, 9.17) is 43.2 Å². The predicted molar refractivity (Wildman–Crippen MR) is 371 cm³/mol. The number of unbranched alkanes of at least 4 members (excludes halogenated alkanes) is 1. The number of guanidine groups is 1. The summed E-state index contributed by atoms with van der Waals surface area (Å²) in [5, 5.41) is 144. The highest BCUT2D eigenvalue weighted by atomic mass is 32.3. The van der Waals surface area contributed by atoms with E-state index in [2.05, 4.69) is 29.1 Å². The number of anilines is 1. The number of nitrogens with two attached hydrogens (primary N) is 2. The van der Waals surface area contributed by atoms with Gasteiger partial charge < -0.3 is 97.4 Å². The number of nitrogens with zero attached hydrogens (tertiary/aromatic N) is 2. The second-order valence-corrected chi connectivity index (χ2v) is 27.8. The first-order valence-electron chi connectivity index (χ1n) is 34.9. The first-order valence-corrected chi connectivity index (χ1v) is 36.3. The highest BCUT2D eigenvalue weighted by molar-refractivity contribution is 7.79. The average Bonchev–Trinajstić information content (AvgIpc) is 1.77. The topological polar surface area (TPSA) is 479 Å². The highest BCUT2D eigenvalue weighted by Crippen LogP contribution is 2.32. The smallest absolute Gasteiger partial charge is 0.394 e. The maximum atomic E-state index is 14.2. The number of allylic oxidation sites excluding steroid dienone is 1. The molecule has 0 aromatic heterocycles. The highest BCUT2D eigenvalue weighted by Gasteiger charge is 2.45. The summed E-state index contributed by atoms with van der Waals surface area (Å²) in [6, 6.07) is 6.03. The Morgan fingerprint density at radius 2 is 1.28 bits per heavy atom. The van der Waals surface area contributed by atoms with E-state index in [-0.39, 0.29) is 55.8 Å². The Kier molecular flexibility index (Phi) is 45.9. The van der Waals surface area contributed by atoms with Gasteiger partial charge in [0.25, 0.3) is 0 Å². The summed E-state index contributed by atoms with van der Waals surface area (Å²) in [4.78, 5) is 32.2. The Labute approximate surface area is 577 Å². The molecule has 2 heterocycles. The van der Waals surface area contributed by atoms with E-state index in [1.807, 2.05) is 72.7 Å². The molecule has 1 aromatic carbocycles. The maximum Gasteiger partial charge on any atom is 0.394 e. The molecule has 28 heteroatoms. The molecule has 20 N–H and O–H groups in total. The Morgan fingerprint density at radius 1 is 0.732 bits per heavy atom. The minimum Gasteiger partial charge on any atom is -0.461 e. The van der Waals surface area contributed by atoms with Gasteiger partial charge in [0.2, 0.25) is 5.91 Å². The SMILES string of the molecule is CCCCC1C(=O)OC(C(C)C(O)CCCN=C(N)N)C(C)/C=C(\C)CCCCC(O)CC(O)CC(O)CC(O)CC(O)C(O[C@H]2O[C@H](CO)[C@@H](O)[C@@H]2O)/C=C(\C)C(O)CCCC(O)CCCC(O)CCC(C)C1O.CCN(CC)CC(=O)Nc1c(C)cccc1C.O=S(=O)(O)O.